The van der Waals surface area contributed by atoms with E-state index in [-0.39, 0.29) is 11.5 Å². The molecule has 0 heterocycles. The van der Waals surface area contributed by atoms with Crippen molar-refractivity contribution in [3.05, 3.63) is 28.8 Å². The van der Waals surface area contributed by atoms with E-state index in [0.29, 0.717) is 17.6 Å². The van der Waals surface area contributed by atoms with Crippen LogP contribution in [0.5, 0.6) is 5.75 Å². The Morgan fingerprint density at radius 2 is 1.95 bits per heavy atom. The Bertz CT molecular complexity index is 579. The van der Waals surface area contributed by atoms with Crippen LogP contribution in [0.4, 0.5) is 0 Å². The molecular weight excluding hydrogens is 260 g/mol. The first-order chi connectivity index (χ1) is 10.0. The first kappa shape index (κ1) is 13.6. The van der Waals surface area contributed by atoms with Crippen molar-refractivity contribution in [2.45, 2.75) is 64.4 Å². The van der Waals surface area contributed by atoms with E-state index in [1.54, 1.807) is 0 Å². The predicted octanol–water partition coefficient (Wildman–Crippen LogP) is 3.92. The molecule has 5 atom stereocenters. The van der Waals surface area contributed by atoms with Crippen LogP contribution in [0.15, 0.2) is 12.1 Å². The zero-order valence-corrected chi connectivity index (χ0v) is 13.1. The second-order valence-corrected chi connectivity index (χ2v) is 7.83. The Hall–Kier alpha value is -1.02. The van der Waals surface area contributed by atoms with E-state index in [0.717, 1.165) is 30.7 Å². The van der Waals surface area contributed by atoms with E-state index in [1.165, 1.54) is 30.4 Å². The van der Waals surface area contributed by atoms with Crippen LogP contribution in [0, 0.1) is 24.2 Å². The Labute approximate surface area is 127 Å². The normalized spacial score (nSPS) is 41.3. The second-order valence-electron chi connectivity index (χ2n) is 7.83. The van der Waals surface area contributed by atoms with Crippen LogP contribution in [0.2, 0.25) is 0 Å². The van der Waals surface area contributed by atoms with Gasteiger partial charge in [0.15, 0.2) is 0 Å². The largest absolute Gasteiger partial charge is 0.508 e. The minimum atomic E-state index is -0.0913. The van der Waals surface area contributed by atoms with Gasteiger partial charge in [-0.25, -0.2) is 0 Å². The summed E-state index contributed by atoms with van der Waals surface area (Å²) in [6.07, 6.45) is 6.78. The van der Waals surface area contributed by atoms with Crippen LogP contribution in [0.3, 0.4) is 0 Å². The van der Waals surface area contributed by atoms with Gasteiger partial charge in [-0.1, -0.05) is 13.0 Å². The molecule has 2 fully saturated rings. The summed E-state index contributed by atoms with van der Waals surface area (Å²) in [5, 5.41) is 20.4. The standard InChI is InChI=1S/C19H26O2/c1-11-12-3-4-15-14(13(12)5-7-17(11)20)9-10-19(2)16(15)6-8-18(19)21/h5,7,14-16,18,20-21H,3-4,6,8-10H2,1-2H3/t14-,15-,16-,18+,19+/m1/s1. The average Bonchev–Trinajstić information content (AvgIpc) is 2.78. The molecule has 2 heteroatoms. The Balaban J connectivity index is 1.74. The molecule has 0 radical (unpaired) electrons. The molecule has 0 unspecified atom stereocenters. The third-order valence-electron chi connectivity index (χ3n) is 7.12. The number of phenolic OH excluding ortho intramolecular Hbond substituents is 1. The maximum atomic E-state index is 10.4. The number of aliphatic hydroxyl groups excluding tert-OH is 1. The number of hydrogen-bond donors (Lipinski definition) is 2. The van der Waals surface area contributed by atoms with Gasteiger partial charge in [0.2, 0.25) is 0 Å². The van der Waals surface area contributed by atoms with Gasteiger partial charge in [-0.05, 0) is 91.4 Å². The number of hydrogen-bond acceptors (Lipinski definition) is 2. The van der Waals surface area contributed by atoms with Crippen molar-refractivity contribution < 1.29 is 10.2 Å². The van der Waals surface area contributed by atoms with Crippen molar-refractivity contribution in [1.82, 2.24) is 0 Å². The minimum Gasteiger partial charge on any atom is -0.508 e. The van der Waals surface area contributed by atoms with E-state index in [1.807, 2.05) is 6.07 Å². The molecule has 0 spiro atoms. The summed E-state index contributed by atoms with van der Waals surface area (Å²) in [5.74, 6) is 2.52. The van der Waals surface area contributed by atoms with Gasteiger partial charge in [0.05, 0.1) is 6.10 Å². The molecule has 4 rings (SSSR count). The number of aromatic hydroxyl groups is 1. The molecule has 0 aliphatic heterocycles. The zero-order chi connectivity index (χ0) is 14.8. The maximum absolute atomic E-state index is 10.4. The average molecular weight is 286 g/mol. The van der Waals surface area contributed by atoms with Crippen molar-refractivity contribution in [3.8, 4) is 5.75 Å². The molecule has 3 aliphatic carbocycles. The molecule has 114 valence electrons. The summed E-state index contributed by atoms with van der Waals surface area (Å²) in [5.41, 5.74) is 4.14. The van der Waals surface area contributed by atoms with Crippen molar-refractivity contribution >= 4 is 0 Å². The lowest BCUT2D eigenvalue weighted by atomic mass is 9.55. The monoisotopic (exact) mass is 286 g/mol. The molecule has 2 N–H and O–H groups in total. The fraction of sp³-hybridized carbons (Fsp3) is 0.684. The SMILES string of the molecule is Cc1c(O)ccc2c1CC[C@@H]1[C@@H]2CC[C@@]2(C)[C@@H]1CC[C@@H]2O. The van der Waals surface area contributed by atoms with Crippen LogP contribution in [0.25, 0.3) is 0 Å². The topological polar surface area (TPSA) is 40.5 Å². The molecule has 2 nitrogen and oxygen atoms in total. The van der Waals surface area contributed by atoms with E-state index >= 15 is 0 Å². The highest BCUT2D eigenvalue weighted by Crippen LogP contribution is 2.61. The number of benzene rings is 1. The number of rotatable bonds is 0. The highest BCUT2D eigenvalue weighted by Gasteiger charge is 2.54. The molecular formula is C19H26O2. The first-order valence-electron chi connectivity index (χ1n) is 8.52. The summed E-state index contributed by atoms with van der Waals surface area (Å²) < 4.78 is 0. The lowest BCUT2D eigenvalue weighted by molar-refractivity contribution is -0.0226. The van der Waals surface area contributed by atoms with Gasteiger partial charge < -0.3 is 10.2 Å². The fourth-order valence-corrected chi connectivity index (χ4v) is 5.80. The quantitative estimate of drug-likeness (QED) is 0.759. The Morgan fingerprint density at radius 1 is 1.14 bits per heavy atom. The van der Waals surface area contributed by atoms with Crippen LogP contribution in [0.1, 0.15) is 61.6 Å². The number of fused-ring (bicyclic) bond motifs is 5. The highest BCUT2D eigenvalue weighted by atomic mass is 16.3. The number of phenols is 1. The molecule has 2 saturated carbocycles. The van der Waals surface area contributed by atoms with Crippen molar-refractivity contribution in [2.75, 3.05) is 0 Å². The van der Waals surface area contributed by atoms with Gasteiger partial charge in [-0.15, -0.1) is 0 Å². The van der Waals surface area contributed by atoms with E-state index < -0.39 is 0 Å². The molecule has 0 aromatic heterocycles. The Kier molecular flexibility index (Phi) is 2.91. The van der Waals surface area contributed by atoms with Crippen molar-refractivity contribution in [2.24, 2.45) is 17.3 Å². The van der Waals surface area contributed by atoms with Crippen molar-refractivity contribution in [1.29, 1.82) is 0 Å². The zero-order valence-electron chi connectivity index (χ0n) is 13.1. The van der Waals surface area contributed by atoms with Crippen LogP contribution in [-0.4, -0.2) is 16.3 Å². The Morgan fingerprint density at radius 3 is 2.76 bits per heavy atom. The predicted molar refractivity (Wildman–Crippen MR) is 83.5 cm³/mol. The summed E-state index contributed by atoms with van der Waals surface area (Å²) in [6.45, 7) is 4.38. The van der Waals surface area contributed by atoms with E-state index in [9.17, 15) is 10.2 Å². The minimum absolute atomic E-state index is 0.0913. The van der Waals surface area contributed by atoms with E-state index in [4.69, 9.17) is 0 Å². The molecule has 3 aliphatic rings. The van der Waals surface area contributed by atoms with Gasteiger partial charge >= 0.3 is 0 Å². The molecule has 1 aromatic rings. The third kappa shape index (κ3) is 1.75. The van der Waals surface area contributed by atoms with Crippen LogP contribution >= 0.6 is 0 Å². The molecule has 0 bridgehead atoms. The van der Waals surface area contributed by atoms with Gasteiger partial charge in [0.25, 0.3) is 0 Å². The molecule has 1 aromatic carbocycles. The van der Waals surface area contributed by atoms with Crippen LogP contribution < -0.4 is 0 Å². The lowest BCUT2D eigenvalue weighted by Crippen LogP contribution is -2.44. The summed E-state index contributed by atoms with van der Waals surface area (Å²) in [7, 11) is 0. The van der Waals surface area contributed by atoms with Gasteiger partial charge in [0.1, 0.15) is 5.75 Å². The second kappa shape index (κ2) is 4.49. The van der Waals surface area contributed by atoms with Crippen molar-refractivity contribution in [3.63, 3.8) is 0 Å². The summed E-state index contributed by atoms with van der Waals surface area (Å²) in [6, 6.07) is 4.05. The highest BCUT2D eigenvalue weighted by molar-refractivity contribution is 5.47. The van der Waals surface area contributed by atoms with Gasteiger partial charge in [-0.2, -0.15) is 0 Å². The van der Waals surface area contributed by atoms with Gasteiger partial charge in [-0.3, -0.25) is 0 Å². The fourth-order valence-electron chi connectivity index (χ4n) is 5.80. The van der Waals surface area contributed by atoms with E-state index in [2.05, 4.69) is 19.9 Å². The molecule has 0 amide bonds. The molecule has 0 saturated heterocycles. The maximum Gasteiger partial charge on any atom is 0.118 e. The molecule has 21 heavy (non-hydrogen) atoms. The summed E-state index contributed by atoms with van der Waals surface area (Å²) >= 11 is 0. The smallest absolute Gasteiger partial charge is 0.118 e. The van der Waals surface area contributed by atoms with Crippen LogP contribution in [-0.2, 0) is 6.42 Å². The van der Waals surface area contributed by atoms with Gasteiger partial charge in [0, 0.05) is 0 Å². The summed E-state index contributed by atoms with van der Waals surface area (Å²) in [4.78, 5) is 0. The lowest BCUT2D eigenvalue weighted by Gasteiger charge is -2.50. The number of aliphatic hydroxyl groups is 1. The first-order valence-corrected chi connectivity index (χ1v) is 8.52. The third-order valence-corrected chi connectivity index (χ3v) is 7.12.